The van der Waals surface area contributed by atoms with Crippen LogP contribution < -0.4 is 14.2 Å². The fourth-order valence-corrected chi connectivity index (χ4v) is 1.74. The first-order chi connectivity index (χ1) is 10.1. The van der Waals surface area contributed by atoms with Crippen LogP contribution in [-0.2, 0) is 0 Å². The lowest BCUT2D eigenvalue weighted by Crippen LogP contribution is -1.98. The van der Waals surface area contributed by atoms with Crippen molar-refractivity contribution in [1.29, 1.82) is 0 Å². The smallest absolute Gasteiger partial charge is 0.273 e. The van der Waals surface area contributed by atoms with Crippen molar-refractivity contribution in [2.75, 3.05) is 14.2 Å². The third kappa shape index (κ3) is 3.11. The van der Waals surface area contributed by atoms with Gasteiger partial charge in [-0.3, -0.25) is 10.1 Å². The molecule has 2 rings (SSSR count). The molecule has 0 aliphatic heterocycles. The molecule has 0 saturated carbocycles. The zero-order valence-corrected chi connectivity index (χ0v) is 11.8. The first kappa shape index (κ1) is 14.8. The molecule has 1 aromatic carbocycles. The molecule has 0 bridgehead atoms. The first-order valence-corrected chi connectivity index (χ1v) is 5.99. The lowest BCUT2D eigenvalue weighted by Gasteiger charge is -2.11. The van der Waals surface area contributed by atoms with Crippen molar-refractivity contribution in [3.8, 4) is 23.1 Å². The number of hydrogen-bond donors (Lipinski definition) is 0. The summed E-state index contributed by atoms with van der Waals surface area (Å²) < 4.78 is 15.6. The topological polar surface area (TPSA) is 96.6 Å². The number of nitro benzene ring substituents is 1. The summed E-state index contributed by atoms with van der Waals surface area (Å²) in [5.41, 5.74) is -0.119. The summed E-state index contributed by atoms with van der Waals surface area (Å²) in [5.74, 6) is 0.640. The standard InChI is InChI=1S/C12H10ClN3O5/c1-19-9-5-7(16(17)18)3-4-8(9)21-12-10(20-2)11(13)14-6-15-12/h3-6H,1-2H3. The fraction of sp³-hybridized carbons (Fsp3) is 0.167. The molecule has 2 aromatic rings. The van der Waals surface area contributed by atoms with Crippen LogP contribution in [0.2, 0.25) is 5.15 Å². The van der Waals surface area contributed by atoms with E-state index in [1.54, 1.807) is 0 Å². The average Bonchev–Trinajstić information content (AvgIpc) is 2.47. The molecule has 0 aliphatic rings. The Morgan fingerprint density at radius 2 is 1.95 bits per heavy atom. The largest absolute Gasteiger partial charge is 0.493 e. The van der Waals surface area contributed by atoms with Crippen molar-refractivity contribution >= 4 is 17.3 Å². The van der Waals surface area contributed by atoms with E-state index < -0.39 is 4.92 Å². The van der Waals surface area contributed by atoms with Gasteiger partial charge in [-0.15, -0.1) is 0 Å². The van der Waals surface area contributed by atoms with Gasteiger partial charge in [-0.2, -0.15) is 4.98 Å². The monoisotopic (exact) mass is 311 g/mol. The lowest BCUT2D eigenvalue weighted by molar-refractivity contribution is -0.384. The van der Waals surface area contributed by atoms with Gasteiger partial charge in [0.05, 0.1) is 25.2 Å². The number of ether oxygens (including phenoxy) is 3. The van der Waals surface area contributed by atoms with E-state index in [0.717, 1.165) is 0 Å². The van der Waals surface area contributed by atoms with Crippen molar-refractivity contribution in [2.24, 2.45) is 0 Å². The van der Waals surface area contributed by atoms with Crippen LogP contribution in [0.25, 0.3) is 0 Å². The Bertz CT molecular complexity index is 680. The summed E-state index contributed by atoms with van der Waals surface area (Å²) in [4.78, 5) is 17.9. The number of hydrogen-bond acceptors (Lipinski definition) is 7. The number of aromatic nitrogens is 2. The van der Waals surface area contributed by atoms with Crippen molar-refractivity contribution in [3.63, 3.8) is 0 Å². The summed E-state index contributed by atoms with van der Waals surface area (Å²) >= 11 is 5.86. The molecule has 0 fully saturated rings. The summed E-state index contributed by atoms with van der Waals surface area (Å²) in [6, 6.07) is 3.92. The number of benzene rings is 1. The minimum absolute atomic E-state index is 0.0738. The Morgan fingerprint density at radius 1 is 1.19 bits per heavy atom. The van der Waals surface area contributed by atoms with Gasteiger partial charge in [0.15, 0.2) is 16.7 Å². The van der Waals surface area contributed by atoms with E-state index in [9.17, 15) is 10.1 Å². The highest BCUT2D eigenvalue weighted by Crippen LogP contribution is 2.38. The van der Waals surface area contributed by atoms with Crippen LogP contribution in [0.4, 0.5) is 5.69 Å². The number of halogens is 1. The lowest BCUT2D eigenvalue weighted by atomic mass is 10.3. The normalized spacial score (nSPS) is 10.0. The molecule has 0 N–H and O–H groups in total. The van der Waals surface area contributed by atoms with Gasteiger partial charge in [0.25, 0.3) is 11.6 Å². The van der Waals surface area contributed by atoms with Crippen molar-refractivity contribution in [3.05, 3.63) is 39.8 Å². The van der Waals surface area contributed by atoms with E-state index in [1.807, 2.05) is 0 Å². The molecule has 1 heterocycles. The number of rotatable bonds is 5. The predicted molar refractivity (Wildman–Crippen MR) is 73.3 cm³/mol. The molecule has 0 saturated heterocycles. The Morgan fingerprint density at radius 3 is 2.57 bits per heavy atom. The Kier molecular flexibility index (Phi) is 4.39. The first-order valence-electron chi connectivity index (χ1n) is 5.61. The second kappa shape index (κ2) is 6.23. The molecule has 8 nitrogen and oxygen atoms in total. The third-order valence-corrected chi connectivity index (χ3v) is 2.77. The van der Waals surface area contributed by atoms with Crippen LogP contribution in [0.3, 0.4) is 0 Å². The Balaban J connectivity index is 2.40. The van der Waals surface area contributed by atoms with Crippen LogP contribution in [0.1, 0.15) is 0 Å². The van der Waals surface area contributed by atoms with E-state index in [0.29, 0.717) is 0 Å². The summed E-state index contributed by atoms with van der Waals surface area (Å²) in [6.45, 7) is 0. The number of nitrogens with zero attached hydrogens (tertiary/aromatic N) is 3. The van der Waals surface area contributed by atoms with Crippen LogP contribution in [-0.4, -0.2) is 29.1 Å². The van der Waals surface area contributed by atoms with Crippen molar-refractivity contribution in [1.82, 2.24) is 9.97 Å². The highest BCUT2D eigenvalue weighted by atomic mass is 35.5. The summed E-state index contributed by atoms with van der Waals surface area (Å²) in [7, 11) is 2.76. The van der Waals surface area contributed by atoms with E-state index in [4.69, 9.17) is 25.8 Å². The third-order valence-electron chi connectivity index (χ3n) is 2.50. The van der Waals surface area contributed by atoms with E-state index >= 15 is 0 Å². The Labute approximate surface area is 124 Å². The molecule has 0 spiro atoms. The molecular formula is C12H10ClN3O5. The summed E-state index contributed by atoms with van der Waals surface area (Å²) in [5, 5.41) is 10.8. The SMILES string of the molecule is COc1cc([N+](=O)[O-])ccc1Oc1ncnc(Cl)c1OC. The highest BCUT2D eigenvalue weighted by Gasteiger charge is 2.17. The van der Waals surface area contributed by atoms with Gasteiger partial charge in [0.2, 0.25) is 5.75 Å². The molecule has 0 unspecified atom stereocenters. The van der Waals surface area contributed by atoms with Crippen LogP contribution in [0.5, 0.6) is 23.1 Å². The summed E-state index contributed by atoms with van der Waals surface area (Å²) in [6.07, 6.45) is 1.21. The molecule has 0 amide bonds. The molecule has 9 heteroatoms. The number of non-ortho nitro benzene ring substituents is 1. The average molecular weight is 312 g/mol. The van der Waals surface area contributed by atoms with E-state index in [2.05, 4.69) is 9.97 Å². The number of nitro groups is 1. The minimum atomic E-state index is -0.533. The maximum absolute atomic E-state index is 10.7. The maximum Gasteiger partial charge on any atom is 0.273 e. The van der Waals surface area contributed by atoms with Gasteiger partial charge in [-0.1, -0.05) is 11.6 Å². The molecule has 110 valence electrons. The second-order valence-electron chi connectivity index (χ2n) is 3.70. The fourth-order valence-electron chi connectivity index (χ4n) is 1.54. The zero-order chi connectivity index (χ0) is 15.4. The van der Waals surface area contributed by atoms with Gasteiger partial charge >= 0.3 is 0 Å². The molecule has 1 aromatic heterocycles. The van der Waals surface area contributed by atoms with Crippen molar-refractivity contribution in [2.45, 2.75) is 0 Å². The maximum atomic E-state index is 10.7. The van der Waals surface area contributed by atoms with Gasteiger partial charge in [0, 0.05) is 6.07 Å². The van der Waals surface area contributed by atoms with E-state index in [1.165, 1.54) is 38.7 Å². The predicted octanol–water partition coefficient (Wildman–Crippen LogP) is 2.85. The zero-order valence-electron chi connectivity index (χ0n) is 11.1. The highest BCUT2D eigenvalue weighted by molar-refractivity contribution is 6.31. The molecule has 0 atom stereocenters. The Hall–Kier alpha value is -2.61. The van der Waals surface area contributed by atoms with E-state index in [-0.39, 0.29) is 34.0 Å². The molecule has 21 heavy (non-hydrogen) atoms. The van der Waals surface area contributed by atoms with Gasteiger partial charge in [-0.25, -0.2) is 4.98 Å². The molecule has 0 radical (unpaired) electrons. The van der Waals surface area contributed by atoms with Gasteiger partial charge in [0.1, 0.15) is 6.33 Å². The van der Waals surface area contributed by atoms with Crippen LogP contribution in [0, 0.1) is 10.1 Å². The van der Waals surface area contributed by atoms with Crippen LogP contribution in [0.15, 0.2) is 24.5 Å². The number of methoxy groups -OCH3 is 2. The van der Waals surface area contributed by atoms with Crippen LogP contribution >= 0.6 is 11.6 Å². The van der Waals surface area contributed by atoms with Gasteiger partial charge < -0.3 is 14.2 Å². The molecular weight excluding hydrogens is 302 g/mol. The van der Waals surface area contributed by atoms with Crippen molar-refractivity contribution < 1.29 is 19.1 Å². The molecule has 0 aliphatic carbocycles. The van der Waals surface area contributed by atoms with Gasteiger partial charge in [-0.05, 0) is 6.07 Å². The minimum Gasteiger partial charge on any atom is -0.493 e. The second-order valence-corrected chi connectivity index (χ2v) is 4.06. The quantitative estimate of drug-likeness (QED) is 0.475.